The molecular weight excluding hydrogens is 418 g/mol. The monoisotopic (exact) mass is 443 g/mol. The van der Waals surface area contributed by atoms with Gasteiger partial charge in [0, 0.05) is 23.2 Å². The van der Waals surface area contributed by atoms with Crippen LogP contribution >= 0.6 is 11.8 Å². The fraction of sp³-hybridized carbons (Fsp3) is 0.280. The van der Waals surface area contributed by atoms with Crippen molar-refractivity contribution in [1.82, 2.24) is 24.8 Å². The Balaban J connectivity index is 1.52. The smallest absolute Gasteiger partial charge is 0.258 e. The van der Waals surface area contributed by atoms with Crippen LogP contribution in [0.15, 0.2) is 53.8 Å². The van der Waals surface area contributed by atoms with Crippen LogP contribution in [-0.4, -0.2) is 43.5 Å². The number of thioether (sulfide) groups is 1. The summed E-state index contributed by atoms with van der Waals surface area (Å²) in [6.07, 6.45) is 7.03. The number of carbonyl (C=O) groups is 1. The van der Waals surface area contributed by atoms with Gasteiger partial charge in [0.2, 0.25) is 0 Å². The maximum absolute atomic E-state index is 13.7. The summed E-state index contributed by atoms with van der Waals surface area (Å²) in [4.78, 5) is 33.8. The van der Waals surface area contributed by atoms with Gasteiger partial charge in [0.15, 0.2) is 0 Å². The quantitative estimate of drug-likeness (QED) is 0.431. The molecular formula is C25H25N5OS. The minimum absolute atomic E-state index is 0.0492. The number of aromatic nitrogens is 4. The first kappa shape index (κ1) is 20.7. The number of hydrogen-bond donors (Lipinski definition) is 1. The van der Waals surface area contributed by atoms with Crippen LogP contribution in [0.3, 0.4) is 0 Å². The van der Waals surface area contributed by atoms with E-state index in [1.807, 2.05) is 23.1 Å². The lowest BCUT2D eigenvalue weighted by molar-refractivity contribution is 0.0730. The number of hydrogen-bond acceptors (Lipinski definition) is 5. The molecule has 0 saturated carbocycles. The van der Waals surface area contributed by atoms with Gasteiger partial charge >= 0.3 is 0 Å². The molecule has 1 N–H and O–H groups in total. The molecule has 2 aromatic carbocycles. The zero-order chi connectivity index (χ0) is 22.2. The van der Waals surface area contributed by atoms with Crippen LogP contribution in [0, 0.1) is 13.8 Å². The van der Waals surface area contributed by atoms with Gasteiger partial charge in [0.1, 0.15) is 12.2 Å². The van der Waals surface area contributed by atoms with E-state index in [2.05, 4.69) is 53.3 Å². The zero-order valence-corrected chi connectivity index (χ0v) is 19.2. The van der Waals surface area contributed by atoms with Crippen LogP contribution in [0.1, 0.15) is 46.2 Å². The standard InChI is InChI=1S/C25H25N5OS/c1-15-9-10-17(12-16(15)2)22-18(13-26-14-27-22)25(31)30-11-5-7-20(30)24-28-19-6-4-8-21(32-3)23(19)29-24/h4,6,8-10,12-14,20H,5,7,11H2,1-3H3,(H,28,29)/t20-/m0/s1. The van der Waals surface area contributed by atoms with Gasteiger partial charge in [-0.05, 0) is 62.3 Å². The maximum Gasteiger partial charge on any atom is 0.258 e. The number of para-hydroxylation sites is 1. The van der Waals surface area contributed by atoms with Crippen molar-refractivity contribution in [2.45, 2.75) is 37.6 Å². The van der Waals surface area contributed by atoms with Crippen LogP contribution in [0.5, 0.6) is 0 Å². The molecule has 162 valence electrons. The number of rotatable bonds is 4. The number of aryl methyl sites for hydroxylation is 2. The minimum Gasteiger partial charge on any atom is -0.339 e. The molecule has 4 aromatic rings. The number of H-pyrrole nitrogens is 1. The van der Waals surface area contributed by atoms with Gasteiger partial charge in [-0.2, -0.15) is 0 Å². The molecule has 1 atom stereocenters. The molecule has 1 aliphatic heterocycles. The Kier molecular flexibility index (Phi) is 5.43. The Morgan fingerprint density at radius 2 is 2.06 bits per heavy atom. The summed E-state index contributed by atoms with van der Waals surface area (Å²) in [5.74, 6) is 0.795. The van der Waals surface area contributed by atoms with Gasteiger partial charge in [-0.3, -0.25) is 4.79 Å². The van der Waals surface area contributed by atoms with Gasteiger partial charge in [0.25, 0.3) is 5.91 Å². The topological polar surface area (TPSA) is 74.8 Å². The van der Waals surface area contributed by atoms with E-state index in [0.29, 0.717) is 17.8 Å². The van der Waals surface area contributed by atoms with E-state index in [4.69, 9.17) is 4.98 Å². The molecule has 6 nitrogen and oxygen atoms in total. The average Bonchev–Trinajstić information content (AvgIpc) is 3.47. The van der Waals surface area contributed by atoms with Crippen molar-refractivity contribution in [2.24, 2.45) is 0 Å². The molecule has 1 aliphatic rings. The zero-order valence-electron chi connectivity index (χ0n) is 18.4. The van der Waals surface area contributed by atoms with E-state index in [-0.39, 0.29) is 11.9 Å². The summed E-state index contributed by atoms with van der Waals surface area (Å²) in [5, 5.41) is 0. The second-order valence-electron chi connectivity index (χ2n) is 8.22. The third-order valence-corrected chi connectivity index (χ3v) is 7.05. The molecule has 0 bridgehead atoms. The number of aromatic amines is 1. The molecule has 5 rings (SSSR count). The third kappa shape index (κ3) is 3.56. The first-order valence-electron chi connectivity index (χ1n) is 10.8. The molecule has 3 heterocycles. The van der Waals surface area contributed by atoms with Crippen molar-refractivity contribution in [3.05, 3.63) is 71.4 Å². The van der Waals surface area contributed by atoms with E-state index in [9.17, 15) is 4.79 Å². The minimum atomic E-state index is -0.0857. The van der Waals surface area contributed by atoms with Crippen LogP contribution in [0.4, 0.5) is 0 Å². The lowest BCUT2D eigenvalue weighted by atomic mass is 10.0. The number of imidazole rings is 1. The van der Waals surface area contributed by atoms with Crippen molar-refractivity contribution in [3.8, 4) is 11.3 Å². The lowest BCUT2D eigenvalue weighted by Crippen LogP contribution is -2.31. The highest BCUT2D eigenvalue weighted by Gasteiger charge is 2.34. The van der Waals surface area contributed by atoms with Gasteiger partial charge in [0.05, 0.1) is 28.3 Å². The van der Waals surface area contributed by atoms with Crippen LogP contribution in [0.2, 0.25) is 0 Å². The molecule has 1 fully saturated rings. The Morgan fingerprint density at radius 1 is 1.19 bits per heavy atom. The van der Waals surface area contributed by atoms with Crippen molar-refractivity contribution >= 4 is 28.7 Å². The summed E-state index contributed by atoms with van der Waals surface area (Å²) in [6, 6.07) is 12.2. The van der Waals surface area contributed by atoms with E-state index in [1.165, 1.54) is 17.5 Å². The van der Waals surface area contributed by atoms with Crippen LogP contribution in [-0.2, 0) is 0 Å². The van der Waals surface area contributed by atoms with E-state index < -0.39 is 0 Å². The third-order valence-electron chi connectivity index (χ3n) is 6.27. The molecule has 0 spiro atoms. The number of amides is 1. The first-order chi connectivity index (χ1) is 15.6. The highest BCUT2D eigenvalue weighted by Crippen LogP contribution is 2.35. The predicted octanol–water partition coefficient (Wildman–Crippen LogP) is 5.34. The van der Waals surface area contributed by atoms with Gasteiger partial charge in [-0.25, -0.2) is 15.0 Å². The SMILES string of the molecule is CSc1cccc2nc([C@@H]3CCCN3C(=O)c3cncnc3-c3ccc(C)c(C)c3)[nH]c12. The molecule has 0 radical (unpaired) electrons. The number of nitrogens with zero attached hydrogens (tertiary/aromatic N) is 4. The molecule has 1 amide bonds. The fourth-order valence-corrected chi connectivity index (χ4v) is 4.98. The lowest BCUT2D eigenvalue weighted by Gasteiger charge is -2.24. The molecule has 7 heteroatoms. The van der Waals surface area contributed by atoms with Crippen molar-refractivity contribution in [3.63, 3.8) is 0 Å². The normalized spacial score (nSPS) is 16.1. The van der Waals surface area contributed by atoms with Crippen molar-refractivity contribution < 1.29 is 4.79 Å². The average molecular weight is 444 g/mol. The number of nitrogens with one attached hydrogen (secondary N) is 1. The van der Waals surface area contributed by atoms with Crippen molar-refractivity contribution in [2.75, 3.05) is 12.8 Å². The Labute approximate surface area is 191 Å². The second-order valence-corrected chi connectivity index (χ2v) is 9.07. The van der Waals surface area contributed by atoms with Crippen LogP contribution in [0.25, 0.3) is 22.3 Å². The first-order valence-corrected chi connectivity index (χ1v) is 12.0. The van der Waals surface area contributed by atoms with Gasteiger partial charge in [-0.15, -0.1) is 11.8 Å². The van der Waals surface area contributed by atoms with Gasteiger partial charge < -0.3 is 9.88 Å². The molecule has 0 aliphatic carbocycles. The largest absolute Gasteiger partial charge is 0.339 e. The van der Waals surface area contributed by atoms with E-state index >= 15 is 0 Å². The maximum atomic E-state index is 13.7. The summed E-state index contributed by atoms with van der Waals surface area (Å²) in [6.45, 7) is 4.84. The van der Waals surface area contributed by atoms with Crippen LogP contribution < -0.4 is 0 Å². The molecule has 0 unspecified atom stereocenters. The second kappa shape index (κ2) is 8.39. The van der Waals surface area contributed by atoms with Gasteiger partial charge in [-0.1, -0.05) is 18.2 Å². The molecule has 32 heavy (non-hydrogen) atoms. The number of fused-ring (bicyclic) bond motifs is 1. The van der Waals surface area contributed by atoms with Crippen molar-refractivity contribution in [1.29, 1.82) is 0 Å². The summed E-state index contributed by atoms with van der Waals surface area (Å²) in [5.41, 5.74) is 6.49. The van der Waals surface area contributed by atoms with E-state index in [1.54, 1.807) is 18.0 Å². The highest BCUT2D eigenvalue weighted by molar-refractivity contribution is 7.98. The number of likely N-dealkylation sites (tertiary alicyclic amines) is 1. The fourth-order valence-electron chi connectivity index (χ4n) is 4.41. The molecule has 2 aromatic heterocycles. The Morgan fingerprint density at radius 3 is 2.88 bits per heavy atom. The number of benzene rings is 2. The number of carbonyl (C=O) groups excluding carboxylic acids is 1. The summed E-state index contributed by atoms with van der Waals surface area (Å²) < 4.78 is 0. The molecule has 1 saturated heterocycles. The summed E-state index contributed by atoms with van der Waals surface area (Å²) >= 11 is 1.69. The summed E-state index contributed by atoms with van der Waals surface area (Å²) in [7, 11) is 0. The highest BCUT2D eigenvalue weighted by atomic mass is 32.2. The van der Waals surface area contributed by atoms with E-state index in [0.717, 1.165) is 40.2 Å². The Hall–Kier alpha value is -3.19. The predicted molar refractivity (Wildman–Crippen MR) is 128 cm³/mol. The Bertz CT molecular complexity index is 1310.